The first-order valence-corrected chi connectivity index (χ1v) is 6.30. The molecule has 1 saturated carbocycles. The van der Waals surface area contributed by atoms with Crippen molar-refractivity contribution in [3.05, 3.63) is 24.0 Å². The summed E-state index contributed by atoms with van der Waals surface area (Å²) in [5.74, 6) is -0.258. The topological polar surface area (TPSA) is 38.0 Å². The molecule has 2 rings (SSSR count). The Morgan fingerprint density at radius 1 is 1.35 bits per heavy atom. The quantitative estimate of drug-likeness (QED) is 0.767. The average molecular weight is 236 g/mol. The third-order valence-corrected chi connectivity index (χ3v) is 3.83. The molecule has 0 radical (unpaired) electrons. The Morgan fingerprint density at radius 3 is 2.76 bits per heavy atom. The van der Waals surface area contributed by atoms with Gasteiger partial charge in [0.1, 0.15) is 5.82 Å². The highest BCUT2D eigenvalue weighted by atomic mass is 19.1. The van der Waals surface area contributed by atoms with E-state index in [1.807, 2.05) is 0 Å². The van der Waals surface area contributed by atoms with Gasteiger partial charge in [0.15, 0.2) is 0 Å². The molecule has 3 N–H and O–H groups in total. The molecule has 0 aromatic heterocycles. The predicted molar refractivity (Wildman–Crippen MR) is 70.5 cm³/mol. The number of hydrogen-bond acceptors (Lipinski definition) is 2. The Labute approximate surface area is 102 Å². The molecule has 0 heterocycles. The van der Waals surface area contributed by atoms with Crippen molar-refractivity contribution < 1.29 is 4.39 Å². The molecule has 0 bridgehead atoms. The van der Waals surface area contributed by atoms with Gasteiger partial charge in [0.05, 0.1) is 5.69 Å². The van der Waals surface area contributed by atoms with Crippen LogP contribution in [0, 0.1) is 11.2 Å². The predicted octanol–water partition coefficient (Wildman–Crippen LogP) is 3.79. The van der Waals surface area contributed by atoms with Gasteiger partial charge in [0, 0.05) is 11.7 Å². The molecule has 1 atom stereocenters. The van der Waals surface area contributed by atoms with Crippen LogP contribution in [0.3, 0.4) is 0 Å². The highest BCUT2D eigenvalue weighted by Gasteiger charge is 2.32. The molecule has 17 heavy (non-hydrogen) atoms. The van der Waals surface area contributed by atoms with Crippen molar-refractivity contribution in [3.8, 4) is 0 Å². The Morgan fingerprint density at radius 2 is 2.12 bits per heavy atom. The first kappa shape index (κ1) is 12.2. The van der Waals surface area contributed by atoms with Crippen LogP contribution >= 0.6 is 0 Å². The maximum Gasteiger partial charge on any atom is 0.148 e. The monoisotopic (exact) mass is 236 g/mol. The highest BCUT2D eigenvalue weighted by Crippen LogP contribution is 2.37. The number of nitrogen functional groups attached to an aromatic ring is 1. The Bertz CT molecular complexity index is 401. The van der Waals surface area contributed by atoms with E-state index in [2.05, 4.69) is 19.2 Å². The summed E-state index contributed by atoms with van der Waals surface area (Å²) in [6.45, 7) is 4.50. The Kier molecular flexibility index (Phi) is 3.27. The fraction of sp³-hybridized carbons (Fsp3) is 0.571. The molecule has 94 valence electrons. The van der Waals surface area contributed by atoms with Gasteiger partial charge in [-0.25, -0.2) is 4.39 Å². The molecule has 1 fully saturated rings. The van der Waals surface area contributed by atoms with E-state index in [1.54, 1.807) is 12.1 Å². The number of halogens is 1. The van der Waals surface area contributed by atoms with Crippen molar-refractivity contribution in [1.29, 1.82) is 0 Å². The van der Waals surface area contributed by atoms with Gasteiger partial charge in [0.25, 0.3) is 0 Å². The summed E-state index contributed by atoms with van der Waals surface area (Å²) in [6.07, 6.45) is 4.80. The van der Waals surface area contributed by atoms with Gasteiger partial charge in [-0.1, -0.05) is 26.7 Å². The molecule has 0 aliphatic heterocycles. The molecular weight excluding hydrogens is 215 g/mol. The molecule has 1 aromatic rings. The van der Waals surface area contributed by atoms with Crippen molar-refractivity contribution in [2.75, 3.05) is 11.1 Å². The van der Waals surface area contributed by atoms with Crippen molar-refractivity contribution >= 4 is 11.4 Å². The zero-order valence-corrected chi connectivity index (χ0v) is 10.6. The molecule has 1 unspecified atom stereocenters. The fourth-order valence-corrected chi connectivity index (χ4v) is 2.60. The van der Waals surface area contributed by atoms with E-state index >= 15 is 0 Å². The molecular formula is C14H21FN2. The highest BCUT2D eigenvalue weighted by molar-refractivity contribution is 5.53. The lowest BCUT2D eigenvalue weighted by molar-refractivity contribution is 0.216. The van der Waals surface area contributed by atoms with E-state index in [4.69, 9.17) is 5.73 Å². The van der Waals surface area contributed by atoms with E-state index in [1.165, 1.54) is 25.3 Å². The number of nitrogens with two attached hydrogens (primary N) is 1. The number of benzene rings is 1. The second-order valence-electron chi connectivity index (χ2n) is 5.67. The Hall–Kier alpha value is -1.25. The fourth-order valence-electron chi connectivity index (χ4n) is 2.60. The zero-order valence-electron chi connectivity index (χ0n) is 10.6. The number of hydrogen-bond donors (Lipinski definition) is 2. The smallest absolute Gasteiger partial charge is 0.148 e. The van der Waals surface area contributed by atoms with Crippen LogP contribution < -0.4 is 11.1 Å². The van der Waals surface area contributed by atoms with Gasteiger partial charge in [-0.15, -0.1) is 0 Å². The van der Waals surface area contributed by atoms with E-state index in [0.29, 0.717) is 17.4 Å². The van der Waals surface area contributed by atoms with Crippen LogP contribution in [-0.2, 0) is 0 Å². The van der Waals surface area contributed by atoms with Crippen LogP contribution in [0.4, 0.5) is 15.8 Å². The molecule has 0 spiro atoms. The number of rotatable bonds is 2. The van der Waals surface area contributed by atoms with Gasteiger partial charge in [-0.05, 0) is 36.5 Å². The van der Waals surface area contributed by atoms with Crippen LogP contribution in [0.1, 0.15) is 39.5 Å². The number of anilines is 2. The molecule has 2 nitrogen and oxygen atoms in total. The SMILES string of the molecule is CC1(C)CCCCC1Nc1ccc(N)cc1F. The van der Waals surface area contributed by atoms with Crippen molar-refractivity contribution in [1.82, 2.24) is 0 Å². The third kappa shape index (κ3) is 2.71. The molecule has 0 amide bonds. The summed E-state index contributed by atoms with van der Waals surface area (Å²) >= 11 is 0. The first-order valence-electron chi connectivity index (χ1n) is 6.30. The zero-order chi connectivity index (χ0) is 12.5. The van der Waals surface area contributed by atoms with E-state index in [9.17, 15) is 4.39 Å². The maximum absolute atomic E-state index is 13.7. The van der Waals surface area contributed by atoms with Crippen molar-refractivity contribution in [3.63, 3.8) is 0 Å². The van der Waals surface area contributed by atoms with Crippen LogP contribution in [0.15, 0.2) is 18.2 Å². The Balaban J connectivity index is 2.14. The van der Waals surface area contributed by atoms with Gasteiger partial charge in [-0.3, -0.25) is 0 Å². The second-order valence-corrected chi connectivity index (χ2v) is 5.67. The van der Waals surface area contributed by atoms with Gasteiger partial charge in [0.2, 0.25) is 0 Å². The van der Waals surface area contributed by atoms with E-state index in [0.717, 1.165) is 6.42 Å². The van der Waals surface area contributed by atoms with Crippen LogP contribution in [0.2, 0.25) is 0 Å². The van der Waals surface area contributed by atoms with Gasteiger partial charge >= 0.3 is 0 Å². The van der Waals surface area contributed by atoms with Crippen molar-refractivity contribution in [2.45, 2.75) is 45.6 Å². The number of nitrogens with one attached hydrogen (secondary N) is 1. The first-order chi connectivity index (χ1) is 7.99. The lowest BCUT2D eigenvalue weighted by Gasteiger charge is -2.39. The summed E-state index contributed by atoms with van der Waals surface area (Å²) in [5, 5.41) is 3.34. The summed E-state index contributed by atoms with van der Waals surface area (Å²) < 4.78 is 13.7. The van der Waals surface area contributed by atoms with Gasteiger partial charge in [-0.2, -0.15) is 0 Å². The van der Waals surface area contributed by atoms with E-state index < -0.39 is 0 Å². The minimum atomic E-state index is -0.258. The third-order valence-electron chi connectivity index (χ3n) is 3.83. The van der Waals surface area contributed by atoms with Crippen LogP contribution in [0.5, 0.6) is 0 Å². The average Bonchev–Trinajstić information content (AvgIpc) is 2.24. The standard InChI is InChI=1S/C14H21FN2/c1-14(2)8-4-3-5-13(14)17-12-7-6-10(16)9-11(12)15/h6-7,9,13,17H,3-5,8,16H2,1-2H3. The molecule has 1 aliphatic carbocycles. The second kappa shape index (κ2) is 4.55. The normalized spacial score (nSPS) is 23.4. The molecule has 3 heteroatoms. The molecule has 0 saturated heterocycles. The largest absolute Gasteiger partial charge is 0.399 e. The lowest BCUT2D eigenvalue weighted by atomic mass is 9.73. The van der Waals surface area contributed by atoms with E-state index in [-0.39, 0.29) is 11.2 Å². The van der Waals surface area contributed by atoms with Crippen molar-refractivity contribution in [2.24, 2.45) is 5.41 Å². The van der Waals surface area contributed by atoms with Gasteiger partial charge < -0.3 is 11.1 Å². The van der Waals surface area contributed by atoms with Crippen LogP contribution in [0.25, 0.3) is 0 Å². The minimum absolute atomic E-state index is 0.228. The molecule has 1 aliphatic rings. The van der Waals surface area contributed by atoms with Crippen LogP contribution in [-0.4, -0.2) is 6.04 Å². The summed E-state index contributed by atoms with van der Waals surface area (Å²) in [7, 11) is 0. The lowest BCUT2D eigenvalue weighted by Crippen LogP contribution is -2.39. The maximum atomic E-state index is 13.7. The molecule has 1 aromatic carbocycles. The summed E-state index contributed by atoms with van der Waals surface area (Å²) in [4.78, 5) is 0. The minimum Gasteiger partial charge on any atom is -0.399 e. The summed E-state index contributed by atoms with van der Waals surface area (Å²) in [5.41, 5.74) is 6.81. The summed E-state index contributed by atoms with van der Waals surface area (Å²) in [6, 6.07) is 5.18.